The molecule has 0 aliphatic carbocycles. The van der Waals surface area contributed by atoms with Crippen molar-refractivity contribution in [2.45, 2.75) is 0 Å². The molecule has 0 unspecified atom stereocenters. The summed E-state index contributed by atoms with van der Waals surface area (Å²) in [7, 11) is 0. The van der Waals surface area contributed by atoms with Gasteiger partial charge in [-0.15, -0.1) is 0 Å². The molecular weight excluding hydrogens is 231 g/mol. The minimum absolute atomic E-state index is 0. The fraction of sp³-hybridized carbons (Fsp3) is 0. The van der Waals surface area contributed by atoms with Crippen LogP contribution in [0.4, 0.5) is 0 Å². The molecule has 0 aromatic heterocycles. The van der Waals surface area contributed by atoms with Crippen LogP contribution in [0.15, 0.2) is 0 Å². The van der Waals surface area contributed by atoms with Gasteiger partial charge in [0.2, 0.25) is 0 Å². The molecule has 0 rings (SSSR count). The standard InChI is InChI=1S/Al.Ga.Sc.Y. The molecule has 0 bridgehead atoms. The second-order valence-electron chi connectivity index (χ2n) is 0. The Bertz CT molecular complexity index is 8.00. The Labute approximate surface area is 93.7 Å². The molecule has 0 spiro atoms. The summed E-state index contributed by atoms with van der Waals surface area (Å²) < 4.78 is 0. The first-order valence-corrected chi connectivity index (χ1v) is 0. The summed E-state index contributed by atoms with van der Waals surface area (Å²) in [6.07, 6.45) is 0. The van der Waals surface area contributed by atoms with Gasteiger partial charge in [-0.2, -0.15) is 0 Å². The van der Waals surface area contributed by atoms with Gasteiger partial charge in [0.25, 0.3) is 0 Å². The average molecular weight is 231 g/mol. The summed E-state index contributed by atoms with van der Waals surface area (Å²) in [5.41, 5.74) is 0. The zero-order valence-electron chi connectivity index (χ0n) is 2.31. The molecule has 4 heteroatoms. The van der Waals surface area contributed by atoms with Crippen LogP contribution in [-0.4, -0.2) is 37.2 Å². The van der Waals surface area contributed by atoms with Crippen molar-refractivity contribution in [1.82, 2.24) is 0 Å². The number of hydrogen-bond donors (Lipinski definition) is 0. The van der Waals surface area contributed by atoms with E-state index in [1.54, 1.807) is 0 Å². The van der Waals surface area contributed by atoms with E-state index < -0.39 is 0 Å². The van der Waals surface area contributed by atoms with E-state index in [1.807, 2.05) is 0 Å². The predicted molar refractivity (Wildman–Crippen MR) is 11.5 cm³/mol. The van der Waals surface area contributed by atoms with Crippen molar-refractivity contribution in [3.63, 3.8) is 0 Å². The maximum atomic E-state index is 0. The van der Waals surface area contributed by atoms with E-state index in [2.05, 4.69) is 0 Å². The van der Waals surface area contributed by atoms with Crippen molar-refractivity contribution in [2.24, 2.45) is 0 Å². The van der Waals surface area contributed by atoms with Crippen molar-refractivity contribution >= 4 is 37.2 Å². The molecule has 0 N–H and O–H groups in total. The van der Waals surface area contributed by atoms with Crippen LogP contribution in [0.25, 0.3) is 0 Å². The second kappa shape index (κ2) is 16.4. The Morgan fingerprint density at radius 1 is 1.00 bits per heavy atom. The molecule has 0 nitrogen and oxygen atoms in total. The zero-order valence-corrected chi connectivity index (χ0v) is 10.5. The summed E-state index contributed by atoms with van der Waals surface area (Å²) >= 11 is 0. The first-order valence-electron chi connectivity index (χ1n) is 0. The minimum atomic E-state index is 0. The summed E-state index contributed by atoms with van der Waals surface area (Å²) in [6.45, 7) is 0. The Morgan fingerprint density at radius 3 is 1.00 bits per heavy atom. The van der Waals surface area contributed by atoms with Gasteiger partial charge in [-0.05, 0) is 0 Å². The van der Waals surface area contributed by atoms with Gasteiger partial charge >= 0.3 is 0 Å². The van der Waals surface area contributed by atoms with Crippen molar-refractivity contribution in [3.8, 4) is 0 Å². The third-order valence-electron chi connectivity index (χ3n) is 0. The summed E-state index contributed by atoms with van der Waals surface area (Å²) in [6, 6.07) is 0. The van der Waals surface area contributed by atoms with Crippen LogP contribution in [0.3, 0.4) is 0 Å². The van der Waals surface area contributed by atoms with Crippen LogP contribution in [0, 0.1) is 0 Å². The Balaban J connectivity index is 0. The first kappa shape index (κ1) is 27.3. The maximum absolute atomic E-state index is 0. The molecule has 0 aliphatic heterocycles. The zero-order chi connectivity index (χ0) is 0. The second-order valence-corrected chi connectivity index (χ2v) is 0. The quantitative estimate of drug-likeness (QED) is 0.480. The van der Waals surface area contributed by atoms with Gasteiger partial charge < -0.3 is 0 Å². The van der Waals surface area contributed by atoms with E-state index in [-0.39, 0.29) is 95.7 Å². The number of hydrogen-bond acceptors (Lipinski definition) is 0. The third-order valence-corrected chi connectivity index (χ3v) is 0. The molecule has 0 amide bonds. The Kier molecular flexibility index (Phi) is 112. The Morgan fingerprint density at radius 2 is 1.00 bits per heavy atom. The first-order chi connectivity index (χ1) is 0. The molecule has 0 aromatic carbocycles. The summed E-state index contributed by atoms with van der Waals surface area (Å²) in [4.78, 5) is 0. The third kappa shape index (κ3) is 8.94. The van der Waals surface area contributed by atoms with Gasteiger partial charge in [-0.3, -0.25) is 0 Å². The van der Waals surface area contributed by atoms with Crippen LogP contribution in [0.1, 0.15) is 0 Å². The van der Waals surface area contributed by atoms with Crippen molar-refractivity contribution < 1.29 is 58.6 Å². The molecule has 0 saturated heterocycles. The van der Waals surface area contributed by atoms with Crippen molar-refractivity contribution in [3.05, 3.63) is 0 Å². The summed E-state index contributed by atoms with van der Waals surface area (Å²) in [5.74, 6) is 0. The van der Waals surface area contributed by atoms with Gasteiger partial charge in [0, 0.05) is 95.7 Å². The molecule has 8 radical (unpaired) electrons. The van der Waals surface area contributed by atoms with Crippen molar-refractivity contribution in [2.75, 3.05) is 0 Å². The molecule has 12 valence electrons. The number of rotatable bonds is 0. The van der Waals surface area contributed by atoms with Gasteiger partial charge in [0.05, 0.1) is 0 Å². The van der Waals surface area contributed by atoms with E-state index in [9.17, 15) is 0 Å². The molecule has 0 heterocycles. The van der Waals surface area contributed by atoms with Crippen LogP contribution < -0.4 is 0 Å². The fourth-order valence-corrected chi connectivity index (χ4v) is 0. The van der Waals surface area contributed by atoms with Gasteiger partial charge in [-0.25, -0.2) is 0 Å². The van der Waals surface area contributed by atoms with Crippen LogP contribution in [0.2, 0.25) is 0 Å². The SMILES string of the molecule is [Al].[Ga].[Sc].[Y]. The topological polar surface area (TPSA) is 0 Å². The van der Waals surface area contributed by atoms with Crippen LogP contribution in [0.5, 0.6) is 0 Å². The summed E-state index contributed by atoms with van der Waals surface area (Å²) in [5, 5.41) is 0. The predicted octanol–water partition coefficient (Wildman–Crippen LogP) is -0.767. The maximum Gasteiger partial charge on any atom is 0 e. The van der Waals surface area contributed by atoms with Gasteiger partial charge in [0.1, 0.15) is 0 Å². The molecule has 0 atom stereocenters. The van der Waals surface area contributed by atoms with E-state index in [1.165, 1.54) is 0 Å². The fourth-order valence-electron chi connectivity index (χ4n) is 0. The molecule has 0 aliphatic rings. The normalized spacial score (nSPS) is 0. The minimum Gasteiger partial charge on any atom is 0 e. The van der Waals surface area contributed by atoms with E-state index in [4.69, 9.17) is 0 Å². The van der Waals surface area contributed by atoms with Crippen LogP contribution in [-0.2, 0) is 58.6 Å². The molecule has 4 heavy (non-hydrogen) atoms. The monoisotopic (exact) mass is 230 g/mol. The molecular formula is AlGaScY. The average Bonchev–Trinajstić information content (AvgIpc) is 0. The van der Waals surface area contributed by atoms with E-state index >= 15 is 0 Å². The van der Waals surface area contributed by atoms with Crippen molar-refractivity contribution in [1.29, 1.82) is 0 Å². The van der Waals surface area contributed by atoms with Gasteiger partial charge in [-0.1, -0.05) is 0 Å². The molecule has 0 fully saturated rings. The van der Waals surface area contributed by atoms with Crippen LogP contribution >= 0.6 is 0 Å². The van der Waals surface area contributed by atoms with E-state index in [0.29, 0.717) is 0 Å². The smallest absolute Gasteiger partial charge is 0 e. The Hall–Kier alpha value is 3.14. The largest absolute Gasteiger partial charge is 0 e. The van der Waals surface area contributed by atoms with E-state index in [0.717, 1.165) is 0 Å². The molecule has 0 aromatic rings. The molecule has 0 saturated carbocycles. The van der Waals surface area contributed by atoms with Gasteiger partial charge in [0.15, 0.2) is 0 Å².